The number of methoxy groups -OCH3 is 1. The molecule has 0 aliphatic carbocycles. The molecule has 31 heavy (non-hydrogen) atoms. The third-order valence-electron chi connectivity index (χ3n) is 4.65. The molecule has 0 amide bonds. The number of nitrogens with one attached hydrogen (secondary N) is 2. The van der Waals surface area contributed by atoms with Gasteiger partial charge in [0.15, 0.2) is 17.2 Å². The Morgan fingerprint density at radius 2 is 2.03 bits per heavy atom. The van der Waals surface area contributed by atoms with Gasteiger partial charge in [-0.15, -0.1) is 23.7 Å². The number of benzene rings is 1. The van der Waals surface area contributed by atoms with Crippen molar-refractivity contribution in [3.63, 3.8) is 0 Å². The van der Waals surface area contributed by atoms with Gasteiger partial charge in [-0.05, 0) is 50.6 Å². The Balaban J connectivity index is 0.00000341. The van der Waals surface area contributed by atoms with Crippen molar-refractivity contribution in [1.29, 1.82) is 0 Å². The lowest BCUT2D eigenvalue weighted by Crippen LogP contribution is -2.35. The van der Waals surface area contributed by atoms with Crippen LogP contribution < -0.4 is 15.4 Å². The number of piperidine rings is 1. The van der Waals surface area contributed by atoms with Crippen LogP contribution in [0.2, 0.25) is 5.02 Å². The highest BCUT2D eigenvalue weighted by Gasteiger charge is 2.26. The fraction of sp³-hybridized carbons (Fsp3) is 0.429. The minimum Gasteiger partial charge on any atom is -0.479 e. The fourth-order valence-electron chi connectivity index (χ4n) is 3.22. The van der Waals surface area contributed by atoms with Crippen LogP contribution in [0.1, 0.15) is 29.4 Å². The van der Waals surface area contributed by atoms with Crippen LogP contribution in [0, 0.1) is 0 Å². The summed E-state index contributed by atoms with van der Waals surface area (Å²) in [7, 11) is 1.29. The third kappa shape index (κ3) is 6.49. The summed E-state index contributed by atoms with van der Waals surface area (Å²) in [6, 6.07) is 8.27. The van der Waals surface area contributed by atoms with Gasteiger partial charge in [0.1, 0.15) is 5.02 Å². The Bertz CT molecular complexity index is 900. The Hall–Kier alpha value is -2.00. The van der Waals surface area contributed by atoms with Gasteiger partial charge in [0, 0.05) is 11.7 Å². The van der Waals surface area contributed by atoms with Crippen LogP contribution in [0.3, 0.4) is 0 Å². The lowest BCUT2D eigenvalue weighted by atomic mass is 10.1. The second kappa shape index (κ2) is 12.1. The minimum absolute atomic E-state index is 0. The average molecular weight is 489 g/mol. The Morgan fingerprint density at radius 1 is 1.29 bits per heavy atom. The number of hydrogen-bond donors (Lipinski definition) is 2. The van der Waals surface area contributed by atoms with E-state index in [0.717, 1.165) is 37.2 Å². The van der Waals surface area contributed by atoms with E-state index in [1.165, 1.54) is 18.4 Å². The monoisotopic (exact) mass is 488 g/mol. The van der Waals surface area contributed by atoms with Crippen molar-refractivity contribution in [2.45, 2.75) is 25.8 Å². The Morgan fingerprint density at radius 3 is 2.71 bits per heavy atom. The van der Waals surface area contributed by atoms with Gasteiger partial charge in [0.05, 0.1) is 18.6 Å². The zero-order chi connectivity index (χ0) is 21.5. The van der Waals surface area contributed by atoms with Crippen molar-refractivity contribution < 1.29 is 23.8 Å². The number of carbonyl (C=O) groups is 2. The molecule has 1 aliphatic rings. The first-order valence-electron chi connectivity index (χ1n) is 9.80. The molecule has 0 atom stereocenters. The van der Waals surface area contributed by atoms with Gasteiger partial charge in [0.25, 0.3) is 0 Å². The smallest absolute Gasteiger partial charge is 0.351 e. The van der Waals surface area contributed by atoms with Crippen LogP contribution in [0.15, 0.2) is 24.3 Å². The molecular formula is C21H26Cl2N2O5S. The number of halogens is 2. The predicted molar refractivity (Wildman–Crippen MR) is 125 cm³/mol. The molecule has 0 saturated carbocycles. The molecule has 2 aromatic rings. The van der Waals surface area contributed by atoms with E-state index >= 15 is 0 Å². The number of thiophene rings is 1. The standard InChI is InChI=1S/C21H25ClN2O5S.ClH/c1-3-28-16(25)12-29-18-17(22)19(30-20(18)21(26)27-2)13-5-4-6-15(11-13)24-14-7-9-23-10-8-14;/h4-6,11,14,23-24H,3,7-10,12H2,1-2H3;1H. The SMILES string of the molecule is CCOC(=O)COc1c(C(=O)OC)sc(-c2cccc(NC3CCNCC3)c2)c1Cl.Cl. The number of ether oxygens (including phenoxy) is 3. The van der Waals surface area contributed by atoms with Crippen LogP contribution in [0.4, 0.5) is 5.69 Å². The molecule has 1 saturated heterocycles. The normalized spacial score (nSPS) is 13.8. The lowest BCUT2D eigenvalue weighted by molar-refractivity contribution is -0.145. The summed E-state index contributed by atoms with van der Waals surface area (Å²) in [6.07, 6.45) is 2.12. The van der Waals surface area contributed by atoms with Crippen LogP contribution in [-0.2, 0) is 14.3 Å². The van der Waals surface area contributed by atoms with Gasteiger partial charge >= 0.3 is 11.9 Å². The zero-order valence-electron chi connectivity index (χ0n) is 17.4. The molecule has 0 unspecified atom stereocenters. The largest absolute Gasteiger partial charge is 0.479 e. The maximum Gasteiger partial charge on any atom is 0.351 e. The molecule has 0 spiro atoms. The second-order valence-electron chi connectivity index (χ2n) is 6.74. The maximum atomic E-state index is 12.2. The number of carbonyl (C=O) groups excluding carboxylic acids is 2. The van der Waals surface area contributed by atoms with Gasteiger partial charge in [0.2, 0.25) is 0 Å². The van der Waals surface area contributed by atoms with Crippen molar-refractivity contribution in [3.05, 3.63) is 34.2 Å². The highest BCUT2D eigenvalue weighted by molar-refractivity contribution is 7.18. The fourth-order valence-corrected chi connectivity index (χ4v) is 4.71. The van der Waals surface area contributed by atoms with E-state index in [9.17, 15) is 9.59 Å². The molecular weight excluding hydrogens is 463 g/mol. The number of esters is 2. The van der Waals surface area contributed by atoms with Crippen molar-refractivity contribution in [2.75, 3.05) is 38.7 Å². The highest BCUT2D eigenvalue weighted by atomic mass is 35.5. The van der Waals surface area contributed by atoms with Crippen LogP contribution in [0.5, 0.6) is 5.75 Å². The van der Waals surface area contributed by atoms with Crippen LogP contribution in [-0.4, -0.2) is 51.4 Å². The molecule has 3 rings (SSSR count). The molecule has 2 heterocycles. The summed E-state index contributed by atoms with van der Waals surface area (Å²) < 4.78 is 15.3. The molecule has 0 bridgehead atoms. The number of rotatable bonds is 8. The van der Waals surface area contributed by atoms with E-state index in [4.69, 9.17) is 25.8 Å². The van der Waals surface area contributed by atoms with E-state index in [-0.39, 0.29) is 41.3 Å². The van der Waals surface area contributed by atoms with E-state index in [1.54, 1.807) is 6.92 Å². The maximum absolute atomic E-state index is 12.2. The molecule has 1 aromatic carbocycles. The summed E-state index contributed by atoms with van der Waals surface area (Å²) in [4.78, 5) is 24.8. The average Bonchev–Trinajstić information content (AvgIpc) is 3.09. The molecule has 1 aromatic heterocycles. The quantitative estimate of drug-likeness (QED) is 0.533. The molecule has 0 radical (unpaired) electrons. The van der Waals surface area contributed by atoms with Crippen LogP contribution >= 0.6 is 35.3 Å². The summed E-state index contributed by atoms with van der Waals surface area (Å²) >= 11 is 7.74. The van der Waals surface area contributed by atoms with Crippen molar-refractivity contribution in [2.24, 2.45) is 0 Å². The first kappa shape index (κ1) is 25.3. The van der Waals surface area contributed by atoms with Crippen molar-refractivity contribution >= 4 is 53.0 Å². The van der Waals surface area contributed by atoms with E-state index < -0.39 is 11.9 Å². The number of hydrogen-bond acceptors (Lipinski definition) is 8. The second-order valence-corrected chi connectivity index (χ2v) is 8.14. The molecule has 7 nitrogen and oxygen atoms in total. The summed E-state index contributed by atoms with van der Waals surface area (Å²) in [5.74, 6) is -0.977. The minimum atomic E-state index is -0.573. The van der Waals surface area contributed by atoms with E-state index in [1.807, 2.05) is 24.3 Å². The first-order chi connectivity index (χ1) is 14.5. The summed E-state index contributed by atoms with van der Waals surface area (Å²) in [5, 5.41) is 7.18. The molecule has 2 N–H and O–H groups in total. The van der Waals surface area contributed by atoms with Crippen LogP contribution in [0.25, 0.3) is 10.4 Å². The molecule has 10 heteroatoms. The van der Waals surface area contributed by atoms with Gasteiger partial charge < -0.3 is 24.8 Å². The van der Waals surface area contributed by atoms with Crippen molar-refractivity contribution in [1.82, 2.24) is 5.32 Å². The first-order valence-corrected chi connectivity index (χ1v) is 11.0. The van der Waals surface area contributed by atoms with Gasteiger partial charge in [-0.3, -0.25) is 0 Å². The molecule has 1 aliphatic heterocycles. The topological polar surface area (TPSA) is 85.9 Å². The van der Waals surface area contributed by atoms with Gasteiger partial charge in [-0.25, -0.2) is 9.59 Å². The number of anilines is 1. The Labute approximate surface area is 196 Å². The highest BCUT2D eigenvalue weighted by Crippen LogP contribution is 2.46. The predicted octanol–water partition coefficient (Wildman–Crippen LogP) is 4.38. The Kier molecular flexibility index (Phi) is 9.90. The van der Waals surface area contributed by atoms with E-state index in [2.05, 4.69) is 10.6 Å². The van der Waals surface area contributed by atoms with Gasteiger partial charge in [-0.1, -0.05) is 23.7 Å². The lowest BCUT2D eigenvalue weighted by Gasteiger charge is -2.24. The third-order valence-corrected chi connectivity index (χ3v) is 6.33. The van der Waals surface area contributed by atoms with Gasteiger partial charge in [-0.2, -0.15) is 0 Å². The molecule has 1 fully saturated rings. The molecule has 170 valence electrons. The summed E-state index contributed by atoms with van der Waals surface area (Å²) in [5.41, 5.74) is 1.83. The summed E-state index contributed by atoms with van der Waals surface area (Å²) in [6.45, 7) is 3.60. The van der Waals surface area contributed by atoms with E-state index in [0.29, 0.717) is 10.9 Å². The van der Waals surface area contributed by atoms with Crippen molar-refractivity contribution in [3.8, 4) is 16.2 Å². The zero-order valence-corrected chi connectivity index (χ0v) is 19.8.